The minimum absolute atomic E-state index is 0.000146. The molecule has 2 amide bonds. The molecule has 0 radical (unpaired) electrons. The third-order valence-corrected chi connectivity index (χ3v) is 8.67. The van der Waals surface area contributed by atoms with Crippen molar-refractivity contribution in [2.75, 3.05) is 34.5 Å². The van der Waals surface area contributed by atoms with Crippen LogP contribution in [-0.4, -0.2) is 91.9 Å². The first-order chi connectivity index (χ1) is 22.2. The van der Waals surface area contributed by atoms with E-state index >= 15 is 0 Å². The van der Waals surface area contributed by atoms with E-state index in [1.165, 1.54) is 6.92 Å². The molecule has 0 aromatic carbocycles. The molecule has 0 bridgehead atoms. The van der Waals surface area contributed by atoms with Gasteiger partial charge in [0.2, 0.25) is 12.2 Å². The molecule has 268 valence electrons. The van der Waals surface area contributed by atoms with Gasteiger partial charge < -0.3 is 39.0 Å². The Bertz CT molecular complexity index is 1130. The highest BCUT2D eigenvalue weighted by Crippen LogP contribution is 2.32. The molecular weight excluding hydrogens is 606 g/mol. The molecular formula is C35H59N3O9. The lowest BCUT2D eigenvalue weighted by Crippen LogP contribution is -2.48. The van der Waals surface area contributed by atoms with Gasteiger partial charge in [-0.3, -0.25) is 9.59 Å². The van der Waals surface area contributed by atoms with Gasteiger partial charge in [0.1, 0.15) is 0 Å². The molecule has 0 aliphatic heterocycles. The maximum atomic E-state index is 13.4. The number of carbonyl (C=O) groups excluding carboxylic acids is 3. The Morgan fingerprint density at radius 1 is 1.00 bits per heavy atom. The first kappa shape index (κ1) is 40.1. The van der Waals surface area contributed by atoms with E-state index in [-0.39, 0.29) is 42.0 Å². The van der Waals surface area contributed by atoms with E-state index < -0.39 is 36.4 Å². The Morgan fingerprint density at radius 2 is 1.68 bits per heavy atom. The SMILES string of the molecule is COCCCOc1cc(C[C@@H](C[C@H](NC(=O)OC(C)OC(=O)C(C)C)[C@@H](O)C[C@H](C(=O)N(C)C2CC2)C(C)C)C(C)C)cnc1OC. The number of alkyl carbamates (subject to hydrolysis) is 1. The van der Waals surface area contributed by atoms with Gasteiger partial charge in [-0.1, -0.05) is 41.5 Å². The molecule has 1 aliphatic carbocycles. The van der Waals surface area contributed by atoms with E-state index in [1.807, 2.05) is 27.0 Å². The molecule has 1 aliphatic rings. The lowest BCUT2D eigenvalue weighted by atomic mass is 9.80. The van der Waals surface area contributed by atoms with Gasteiger partial charge in [0.15, 0.2) is 5.75 Å². The van der Waals surface area contributed by atoms with Crippen LogP contribution in [0.3, 0.4) is 0 Å². The maximum absolute atomic E-state index is 13.4. The van der Waals surface area contributed by atoms with Crippen molar-refractivity contribution in [3.05, 3.63) is 17.8 Å². The third-order valence-electron chi connectivity index (χ3n) is 8.67. The van der Waals surface area contributed by atoms with Crippen LogP contribution in [0.2, 0.25) is 0 Å². The summed E-state index contributed by atoms with van der Waals surface area (Å²) in [7, 11) is 5.01. The zero-order chi connectivity index (χ0) is 35.3. The molecule has 1 fully saturated rings. The number of rotatable bonds is 21. The number of esters is 1. The van der Waals surface area contributed by atoms with Crippen molar-refractivity contribution < 1.29 is 43.2 Å². The first-order valence-electron chi connectivity index (χ1n) is 16.9. The van der Waals surface area contributed by atoms with Crippen molar-refractivity contribution in [2.45, 2.75) is 111 Å². The number of aromatic nitrogens is 1. The van der Waals surface area contributed by atoms with Crippen LogP contribution in [0.1, 0.15) is 86.1 Å². The van der Waals surface area contributed by atoms with Crippen LogP contribution in [-0.2, 0) is 30.2 Å². The number of ether oxygens (including phenoxy) is 5. The highest BCUT2D eigenvalue weighted by atomic mass is 16.7. The van der Waals surface area contributed by atoms with Crippen LogP contribution in [0.4, 0.5) is 4.79 Å². The Hall–Kier alpha value is -3.12. The Labute approximate surface area is 281 Å². The van der Waals surface area contributed by atoms with Crippen LogP contribution in [0, 0.1) is 29.6 Å². The molecule has 2 N–H and O–H groups in total. The second kappa shape index (κ2) is 19.6. The fraction of sp³-hybridized carbons (Fsp3) is 0.771. The normalized spacial score (nSPS) is 16.3. The number of pyridine rings is 1. The monoisotopic (exact) mass is 665 g/mol. The van der Waals surface area contributed by atoms with Crippen LogP contribution < -0.4 is 14.8 Å². The van der Waals surface area contributed by atoms with E-state index in [1.54, 1.807) is 39.2 Å². The lowest BCUT2D eigenvalue weighted by Gasteiger charge is -2.33. The fourth-order valence-electron chi connectivity index (χ4n) is 5.40. The van der Waals surface area contributed by atoms with Gasteiger partial charge in [-0.05, 0) is 61.5 Å². The minimum atomic E-state index is -1.12. The number of nitrogens with zero attached hydrogens (tertiary/aromatic N) is 2. The van der Waals surface area contributed by atoms with Gasteiger partial charge in [-0.25, -0.2) is 9.78 Å². The van der Waals surface area contributed by atoms with Crippen molar-refractivity contribution in [2.24, 2.45) is 29.6 Å². The van der Waals surface area contributed by atoms with E-state index in [0.717, 1.165) is 18.4 Å². The zero-order valence-corrected chi connectivity index (χ0v) is 30.1. The second-order valence-corrected chi connectivity index (χ2v) is 13.6. The Balaban J connectivity index is 2.29. The van der Waals surface area contributed by atoms with Gasteiger partial charge in [0.25, 0.3) is 5.88 Å². The molecule has 1 saturated carbocycles. The summed E-state index contributed by atoms with van der Waals surface area (Å²) in [5.74, 6) is -0.251. The standard InChI is InChI=1S/C35H59N3O9/c1-21(2)26(16-25-17-31(32(44-10)36-20-25)45-15-11-14-43-9)18-29(37-35(42)47-24(7)46-34(41)23(5)6)30(39)19-28(22(3)4)33(40)38(8)27-12-13-27/h17,20-24,26-30,39H,11-16,18-19H2,1-10H3,(H,37,42)/t24?,26-,28-,29-,30-/m0/s1. The first-order valence-corrected chi connectivity index (χ1v) is 16.9. The molecule has 47 heavy (non-hydrogen) atoms. The molecule has 2 rings (SSSR count). The number of carbonyl (C=O) groups is 3. The molecule has 1 heterocycles. The second-order valence-electron chi connectivity index (χ2n) is 13.6. The third kappa shape index (κ3) is 13.5. The number of aliphatic hydroxyl groups is 1. The Morgan fingerprint density at radius 3 is 2.23 bits per heavy atom. The summed E-state index contributed by atoms with van der Waals surface area (Å²) in [4.78, 5) is 44.8. The van der Waals surface area contributed by atoms with Crippen molar-refractivity contribution in [1.82, 2.24) is 15.2 Å². The number of methoxy groups -OCH3 is 2. The molecule has 0 saturated heterocycles. The number of nitrogens with one attached hydrogen (secondary N) is 1. The van der Waals surface area contributed by atoms with Crippen LogP contribution in [0.15, 0.2) is 12.3 Å². The zero-order valence-electron chi connectivity index (χ0n) is 30.1. The molecule has 1 unspecified atom stereocenters. The minimum Gasteiger partial charge on any atom is -0.488 e. The van der Waals surface area contributed by atoms with E-state index in [2.05, 4.69) is 24.1 Å². The van der Waals surface area contributed by atoms with Gasteiger partial charge in [0.05, 0.1) is 31.8 Å². The van der Waals surface area contributed by atoms with Gasteiger partial charge in [-0.15, -0.1) is 0 Å². The Kier molecular flexibility index (Phi) is 16.7. The number of amides is 2. The molecule has 1 aromatic heterocycles. The van der Waals surface area contributed by atoms with Crippen molar-refractivity contribution in [1.29, 1.82) is 0 Å². The average molecular weight is 666 g/mol. The van der Waals surface area contributed by atoms with E-state index in [4.69, 9.17) is 23.7 Å². The predicted molar refractivity (Wildman–Crippen MR) is 178 cm³/mol. The van der Waals surface area contributed by atoms with Crippen LogP contribution >= 0.6 is 0 Å². The molecule has 5 atom stereocenters. The summed E-state index contributed by atoms with van der Waals surface area (Å²) in [6.45, 7) is 14.0. The summed E-state index contributed by atoms with van der Waals surface area (Å²) in [6.07, 6.45) is 2.60. The van der Waals surface area contributed by atoms with Gasteiger partial charge >= 0.3 is 12.1 Å². The summed E-state index contributed by atoms with van der Waals surface area (Å²) in [5.41, 5.74) is 0.914. The van der Waals surface area contributed by atoms with Gasteiger partial charge in [0, 0.05) is 52.3 Å². The molecule has 0 spiro atoms. The van der Waals surface area contributed by atoms with Crippen LogP contribution in [0.25, 0.3) is 0 Å². The number of hydrogen-bond donors (Lipinski definition) is 2. The average Bonchev–Trinajstić information content (AvgIpc) is 3.86. The van der Waals surface area contributed by atoms with Crippen LogP contribution in [0.5, 0.6) is 11.6 Å². The topological polar surface area (TPSA) is 146 Å². The van der Waals surface area contributed by atoms with Crippen molar-refractivity contribution in [3.63, 3.8) is 0 Å². The molecule has 12 heteroatoms. The van der Waals surface area contributed by atoms with E-state index in [9.17, 15) is 19.5 Å². The maximum Gasteiger partial charge on any atom is 0.410 e. The quantitative estimate of drug-likeness (QED) is 0.105. The highest BCUT2D eigenvalue weighted by molar-refractivity contribution is 5.79. The number of hydrogen-bond acceptors (Lipinski definition) is 10. The fourth-order valence-corrected chi connectivity index (χ4v) is 5.40. The number of aliphatic hydroxyl groups excluding tert-OH is 1. The van der Waals surface area contributed by atoms with Crippen molar-refractivity contribution in [3.8, 4) is 11.6 Å². The lowest BCUT2D eigenvalue weighted by molar-refractivity contribution is -0.168. The summed E-state index contributed by atoms with van der Waals surface area (Å²) in [5, 5.41) is 14.5. The predicted octanol–water partition coefficient (Wildman–Crippen LogP) is 4.99. The summed E-state index contributed by atoms with van der Waals surface area (Å²) >= 11 is 0. The molecule has 12 nitrogen and oxygen atoms in total. The van der Waals surface area contributed by atoms with Gasteiger partial charge in [-0.2, -0.15) is 0 Å². The molecule has 1 aromatic rings. The highest BCUT2D eigenvalue weighted by Gasteiger charge is 2.37. The largest absolute Gasteiger partial charge is 0.488 e. The summed E-state index contributed by atoms with van der Waals surface area (Å²) in [6, 6.07) is 1.41. The summed E-state index contributed by atoms with van der Waals surface area (Å²) < 4.78 is 27.0. The smallest absolute Gasteiger partial charge is 0.410 e. The van der Waals surface area contributed by atoms with E-state index in [0.29, 0.717) is 44.1 Å². The van der Waals surface area contributed by atoms with Crippen molar-refractivity contribution >= 4 is 18.0 Å².